The third-order valence-corrected chi connectivity index (χ3v) is 5.78. The minimum absolute atomic E-state index is 0.180. The summed E-state index contributed by atoms with van der Waals surface area (Å²) in [5.41, 5.74) is 1.30. The van der Waals surface area contributed by atoms with Crippen molar-refractivity contribution in [1.82, 2.24) is 4.90 Å². The number of hydrogen-bond acceptors (Lipinski definition) is 2. The molecular formula is C14H20INOS. The van der Waals surface area contributed by atoms with E-state index in [0.29, 0.717) is 11.5 Å². The van der Waals surface area contributed by atoms with Gasteiger partial charge >= 0.3 is 0 Å². The Kier molecular flexibility index (Phi) is 4.36. The largest absolute Gasteiger partial charge is 0.339 e. The summed E-state index contributed by atoms with van der Waals surface area (Å²) in [6.07, 6.45) is 4.71. The Morgan fingerprint density at radius 1 is 1.44 bits per heavy atom. The fraction of sp³-hybridized carbons (Fsp3) is 0.643. The topological polar surface area (TPSA) is 20.3 Å². The highest BCUT2D eigenvalue weighted by atomic mass is 127. The van der Waals surface area contributed by atoms with Gasteiger partial charge in [0.25, 0.3) is 5.91 Å². The summed E-state index contributed by atoms with van der Waals surface area (Å²) in [5.74, 6) is 0.180. The number of thiophene rings is 1. The van der Waals surface area contributed by atoms with E-state index in [1.807, 2.05) is 23.4 Å². The van der Waals surface area contributed by atoms with E-state index in [9.17, 15) is 4.79 Å². The molecule has 1 aliphatic rings. The van der Waals surface area contributed by atoms with E-state index >= 15 is 0 Å². The van der Waals surface area contributed by atoms with Crippen molar-refractivity contribution in [3.63, 3.8) is 0 Å². The Balaban J connectivity index is 2.00. The third-order valence-electron chi connectivity index (χ3n) is 3.99. The molecule has 1 aromatic rings. The van der Waals surface area contributed by atoms with Crippen molar-refractivity contribution >= 4 is 39.8 Å². The first-order valence-electron chi connectivity index (χ1n) is 6.40. The number of halogens is 1. The zero-order chi connectivity index (χ0) is 13.3. The second kappa shape index (κ2) is 5.49. The maximum Gasteiger partial charge on any atom is 0.254 e. The Bertz CT molecular complexity index is 431. The van der Waals surface area contributed by atoms with Gasteiger partial charge in [-0.25, -0.2) is 0 Å². The molecule has 0 N–H and O–H groups in total. The van der Waals surface area contributed by atoms with E-state index in [0.717, 1.165) is 18.4 Å². The highest BCUT2D eigenvalue weighted by Crippen LogP contribution is 2.37. The van der Waals surface area contributed by atoms with Gasteiger partial charge in [0, 0.05) is 18.5 Å². The van der Waals surface area contributed by atoms with Crippen LogP contribution in [-0.4, -0.2) is 23.9 Å². The molecule has 1 heterocycles. The van der Waals surface area contributed by atoms with Gasteiger partial charge in [-0.1, -0.05) is 13.8 Å². The number of rotatable bonds is 2. The lowest BCUT2D eigenvalue weighted by Crippen LogP contribution is -2.40. The first kappa shape index (κ1) is 14.3. The molecule has 0 radical (unpaired) electrons. The zero-order valence-corrected chi connectivity index (χ0v) is 14.2. The molecule has 18 heavy (non-hydrogen) atoms. The van der Waals surface area contributed by atoms with Gasteiger partial charge in [-0.05, 0) is 59.8 Å². The average molecular weight is 377 g/mol. The molecule has 2 rings (SSSR count). The SMILES string of the molecule is CN(C(=O)c1csc(I)c1)C1CCC(C)(C)CC1. The van der Waals surface area contributed by atoms with Crippen LogP contribution in [0.3, 0.4) is 0 Å². The molecule has 0 atom stereocenters. The molecule has 1 saturated carbocycles. The molecule has 1 aliphatic carbocycles. The van der Waals surface area contributed by atoms with Crippen LogP contribution in [0.4, 0.5) is 0 Å². The summed E-state index contributed by atoms with van der Waals surface area (Å²) in [4.78, 5) is 14.3. The van der Waals surface area contributed by atoms with Crippen LogP contribution in [0.25, 0.3) is 0 Å². The average Bonchev–Trinajstić information content (AvgIpc) is 2.74. The van der Waals surface area contributed by atoms with Gasteiger partial charge in [-0.15, -0.1) is 11.3 Å². The molecule has 0 aliphatic heterocycles. The van der Waals surface area contributed by atoms with Crippen molar-refractivity contribution in [3.05, 3.63) is 19.9 Å². The Morgan fingerprint density at radius 2 is 2.06 bits per heavy atom. The van der Waals surface area contributed by atoms with Crippen molar-refractivity contribution in [2.24, 2.45) is 5.41 Å². The quantitative estimate of drug-likeness (QED) is 0.700. The molecule has 0 unspecified atom stereocenters. The maximum absolute atomic E-state index is 12.3. The number of nitrogens with zero attached hydrogens (tertiary/aromatic N) is 1. The number of amides is 1. The lowest BCUT2D eigenvalue weighted by atomic mass is 9.75. The van der Waals surface area contributed by atoms with Crippen LogP contribution in [0, 0.1) is 8.30 Å². The van der Waals surface area contributed by atoms with Gasteiger partial charge in [0.15, 0.2) is 0 Å². The van der Waals surface area contributed by atoms with E-state index in [4.69, 9.17) is 0 Å². The minimum atomic E-state index is 0.180. The van der Waals surface area contributed by atoms with Gasteiger partial charge in [0.1, 0.15) is 0 Å². The van der Waals surface area contributed by atoms with E-state index < -0.39 is 0 Å². The summed E-state index contributed by atoms with van der Waals surface area (Å²) >= 11 is 3.90. The highest BCUT2D eigenvalue weighted by molar-refractivity contribution is 14.1. The summed E-state index contributed by atoms with van der Waals surface area (Å²) in [7, 11) is 1.95. The Morgan fingerprint density at radius 3 is 2.56 bits per heavy atom. The maximum atomic E-state index is 12.3. The normalized spacial score (nSPS) is 19.8. The summed E-state index contributed by atoms with van der Waals surface area (Å²) in [6, 6.07) is 2.40. The van der Waals surface area contributed by atoms with Crippen LogP contribution >= 0.6 is 33.9 Å². The number of carbonyl (C=O) groups excluding carboxylic acids is 1. The van der Waals surface area contributed by atoms with Gasteiger partial charge in [-0.3, -0.25) is 4.79 Å². The molecule has 0 bridgehead atoms. The van der Waals surface area contributed by atoms with Crippen LogP contribution in [0.2, 0.25) is 0 Å². The molecule has 0 aromatic carbocycles. The van der Waals surface area contributed by atoms with Crippen molar-refractivity contribution in [2.45, 2.75) is 45.6 Å². The van der Waals surface area contributed by atoms with Crippen molar-refractivity contribution in [2.75, 3.05) is 7.05 Å². The summed E-state index contributed by atoms with van der Waals surface area (Å²) in [5, 5.41) is 1.97. The monoisotopic (exact) mass is 377 g/mol. The molecule has 1 amide bonds. The van der Waals surface area contributed by atoms with Crippen LogP contribution in [0.1, 0.15) is 49.9 Å². The van der Waals surface area contributed by atoms with Gasteiger partial charge in [0.2, 0.25) is 0 Å². The number of hydrogen-bond donors (Lipinski definition) is 0. The fourth-order valence-corrected chi connectivity index (χ4v) is 3.88. The molecule has 100 valence electrons. The van der Waals surface area contributed by atoms with Crippen LogP contribution in [0.5, 0.6) is 0 Å². The van der Waals surface area contributed by atoms with E-state index in [1.54, 1.807) is 11.3 Å². The molecule has 0 spiro atoms. The second-order valence-electron chi connectivity index (χ2n) is 5.95. The van der Waals surface area contributed by atoms with Crippen LogP contribution in [0.15, 0.2) is 11.4 Å². The predicted octanol–water partition coefficient (Wildman–Crippen LogP) is 4.39. The van der Waals surface area contributed by atoms with E-state index in [-0.39, 0.29) is 5.91 Å². The van der Waals surface area contributed by atoms with Crippen LogP contribution in [-0.2, 0) is 0 Å². The molecular weight excluding hydrogens is 357 g/mol. The standard InChI is InChI=1S/C14H20INOS/c1-14(2)6-4-11(5-7-14)16(3)13(17)10-8-12(15)18-9-10/h8-9,11H,4-7H2,1-3H3. The first-order valence-corrected chi connectivity index (χ1v) is 8.36. The second-order valence-corrected chi connectivity index (χ2v) is 8.76. The molecule has 2 nitrogen and oxygen atoms in total. The Labute approximate surface area is 127 Å². The summed E-state index contributed by atoms with van der Waals surface area (Å²) < 4.78 is 1.18. The van der Waals surface area contributed by atoms with E-state index in [1.165, 1.54) is 15.7 Å². The number of carbonyl (C=O) groups is 1. The predicted molar refractivity (Wildman–Crippen MR) is 85.2 cm³/mol. The molecule has 1 fully saturated rings. The molecule has 4 heteroatoms. The van der Waals surface area contributed by atoms with Gasteiger partial charge in [0.05, 0.1) is 8.45 Å². The zero-order valence-electron chi connectivity index (χ0n) is 11.2. The lowest BCUT2D eigenvalue weighted by Gasteiger charge is -2.38. The van der Waals surface area contributed by atoms with Gasteiger partial charge in [-0.2, -0.15) is 0 Å². The van der Waals surface area contributed by atoms with Crippen molar-refractivity contribution < 1.29 is 4.79 Å². The van der Waals surface area contributed by atoms with Crippen molar-refractivity contribution in [1.29, 1.82) is 0 Å². The third kappa shape index (κ3) is 3.26. The lowest BCUT2D eigenvalue weighted by molar-refractivity contribution is 0.0636. The summed E-state index contributed by atoms with van der Waals surface area (Å²) in [6.45, 7) is 4.65. The first-order chi connectivity index (χ1) is 8.39. The minimum Gasteiger partial charge on any atom is -0.339 e. The van der Waals surface area contributed by atoms with Crippen molar-refractivity contribution in [3.8, 4) is 0 Å². The highest BCUT2D eigenvalue weighted by Gasteiger charge is 2.30. The van der Waals surface area contributed by atoms with E-state index in [2.05, 4.69) is 36.4 Å². The Hall–Kier alpha value is -0.100. The van der Waals surface area contributed by atoms with Crippen LogP contribution < -0.4 is 0 Å². The fourth-order valence-electron chi connectivity index (χ4n) is 2.56. The smallest absolute Gasteiger partial charge is 0.254 e. The molecule has 1 aromatic heterocycles. The molecule has 0 saturated heterocycles. The van der Waals surface area contributed by atoms with Gasteiger partial charge < -0.3 is 4.90 Å².